The molecule has 1 N–H and O–H groups in total. The van der Waals surface area contributed by atoms with Crippen molar-refractivity contribution in [3.63, 3.8) is 0 Å². The minimum absolute atomic E-state index is 0.310. The molecule has 6 heteroatoms. The minimum Gasteiger partial charge on any atom is -0.379 e. The van der Waals surface area contributed by atoms with E-state index < -0.39 is 16.2 Å². The van der Waals surface area contributed by atoms with E-state index in [0.29, 0.717) is 28.8 Å². The second kappa shape index (κ2) is 8.49. The molecule has 3 rings (SSSR count). The highest BCUT2D eigenvalue weighted by Crippen LogP contribution is 2.31. The van der Waals surface area contributed by atoms with E-state index in [1.807, 2.05) is 42.5 Å². The van der Waals surface area contributed by atoms with Gasteiger partial charge in [0.05, 0.1) is 10.4 Å². The first-order chi connectivity index (χ1) is 13.1. The van der Waals surface area contributed by atoms with Crippen LogP contribution in [0.3, 0.4) is 0 Å². The van der Waals surface area contributed by atoms with E-state index in [1.54, 1.807) is 12.1 Å². The normalized spacial score (nSPS) is 10.9. The fraction of sp³-hybridized carbons (Fsp3) is 0.286. The molecule has 0 saturated carbocycles. The first-order valence-corrected chi connectivity index (χ1v) is 9.26. The number of para-hydroxylation sites is 2. The predicted octanol–water partition coefficient (Wildman–Crippen LogP) is 4.89. The number of nitrogens with one attached hydrogen (secondary N) is 1. The fourth-order valence-corrected chi connectivity index (χ4v) is 3.28. The second-order valence-electron chi connectivity index (χ2n) is 6.46. The number of anilines is 1. The molecule has 2 aromatic carbocycles. The van der Waals surface area contributed by atoms with Crippen LogP contribution in [0.4, 0.5) is 11.4 Å². The molecule has 27 heavy (non-hydrogen) atoms. The van der Waals surface area contributed by atoms with Gasteiger partial charge in [-0.15, -0.1) is 0 Å². The van der Waals surface area contributed by atoms with Gasteiger partial charge in [-0.05, 0) is 24.6 Å². The fourth-order valence-electron chi connectivity index (χ4n) is 3.28. The van der Waals surface area contributed by atoms with Crippen LogP contribution >= 0.6 is 0 Å². The molecule has 0 spiro atoms. The van der Waals surface area contributed by atoms with E-state index in [9.17, 15) is 14.9 Å². The summed E-state index contributed by atoms with van der Waals surface area (Å²) in [6, 6.07) is 16.3. The number of hydrogen-bond donors (Lipinski definition) is 1. The summed E-state index contributed by atoms with van der Waals surface area (Å²) in [4.78, 5) is 24.2. The molecule has 0 aliphatic heterocycles. The van der Waals surface area contributed by atoms with Crippen LogP contribution in [-0.4, -0.2) is 16.0 Å². The van der Waals surface area contributed by atoms with Crippen LogP contribution in [0.5, 0.6) is 0 Å². The van der Waals surface area contributed by atoms with Gasteiger partial charge in [0, 0.05) is 17.6 Å². The van der Waals surface area contributed by atoms with Gasteiger partial charge in [-0.25, -0.2) is 0 Å². The van der Waals surface area contributed by atoms with Gasteiger partial charge in [0.15, 0.2) is 0 Å². The number of fused-ring (bicyclic) bond motifs is 1. The first kappa shape index (κ1) is 18.6. The molecule has 140 valence electrons. The molecule has 0 fully saturated rings. The summed E-state index contributed by atoms with van der Waals surface area (Å²) >= 11 is 0. The van der Waals surface area contributed by atoms with E-state index in [0.717, 1.165) is 25.7 Å². The quantitative estimate of drug-likeness (QED) is 0.350. The molecule has 0 radical (unpaired) electrons. The van der Waals surface area contributed by atoms with Crippen LogP contribution in [0.15, 0.2) is 59.4 Å². The van der Waals surface area contributed by atoms with Gasteiger partial charge in [0.25, 0.3) is 0 Å². The second-order valence-corrected chi connectivity index (χ2v) is 6.46. The standard InChI is InChI=1S/C21H23N3O3/c1-2-3-4-10-15-22-19-17-13-8-9-14-18(17)23(16-11-6-5-7-12-16)21(25)20(19)24(26)27/h5-9,11-14,22H,2-4,10,15H2,1H3. The summed E-state index contributed by atoms with van der Waals surface area (Å²) in [6.45, 7) is 2.73. The van der Waals surface area contributed by atoms with Crippen LogP contribution in [0.25, 0.3) is 16.6 Å². The van der Waals surface area contributed by atoms with Gasteiger partial charge in [-0.3, -0.25) is 19.5 Å². The Hall–Kier alpha value is -3.15. The lowest BCUT2D eigenvalue weighted by molar-refractivity contribution is -0.385. The average Bonchev–Trinajstić information content (AvgIpc) is 2.68. The Bertz CT molecular complexity index is 997. The average molecular weight is 365 g/mol. The van der Waals surface area contributed by atoms with E-state index in [-0.39, 0.29) is 0 Å². The molecule has 1 aromatic heterocycles. The third kappa shape index (κ3) is 3.84. The van der Waals surface area contributed by atoms with Crippen LogP contribution in [0.2, 0.25) is 0 Å². The molecule has 6 nitrogen and oxygen atoms in total. The summed E-state index contributed by atoms with van der Waals surface area (Å²) in [5, 5.41) is 15.6. The van der Waals surface area contributed by atoms with Gasteiger partial charge < -0.3 is 5.32 Å². The SMILES string of the molecule is CCCCCCNc1c([N+](=O)[O-])c(=O)n(-c2ccccc2)c2ccccc12. The molecule has 0 amide bonds. The monoisotopic (exact) mass is 365 g/mol. The number of nitrogens with zero attached hydrogens (tertiary/aromatic N) is 2. The zero-order chi connectivity index (χ0) is 19.2. The highest BCUT2D eigenvalue weighted by Gasteiger charge is 2.26. The van der Waals surface area contributed by atoms with Gasteiger partial charge in [0.2, 0.25) is 0 Å². The maximum atomic E-state index is 13.1. The van der Waals surface area contributed by atoms with E-state index in [1.165, 1.54) is 4.57 Å². The highest BCUT2D eigenvalue weighted by molar-refractivity contribution is 5.97. The number of nitro groups is 1. The molecule has 1 heterocycles. The summed E-state index contributed by atoms with van der Waals surface area (Å²) in [7, 11) is 0. The Morgan fingerprint density at radius 2 is 1.70 bits per heavy atom. The lowest BCUT2D eigenvalue weighted by atomic mass is 10.1. The van der Waals surface area contributed by atoms with Crippen LogP contribution in [0, 0.1) is 10.1 Å². The van der Waals surface area contributed by atoms with Gasteiger partial charge in [-0.1, -0.05) is 62.6 Å². The zero-order valence-electron chi connectivity index (χ0n) is 15.4. The van der Waals surface area contributed by atoms with E-state index in [4.69, 9.17) is 0 Å². The Labute approximate surface area is 157 Å². The minimum atomic E-state index is -0.624. The maximum absolute atomic E-state index is 13.1. The molecule has 0 unspecified atom stereocenters. The topological polar surface area (TPSA) is 77.2 Å². The third-order valence-electron chi connectivity index (χ3n) is 4.59. The highest BCUT2D eigenvalue weighted by atomic mass is 16.6. The van der Waals surface area contributed by atoms with E-state index >= 15 is 0 Å². The lowest BCUT2D eigenvalue weighted by Gasteiger charge is -2.15. The van der Waals surface area contributed by atoms with Crippen molar-refractivity contribution in [2.45, 2.75) is 32.6 Å². The van der Waals surface area contributed by atoms with Gasteiger partial charge >= 0.3 is 11.2 Å². The van der Waals surface area contributed by atoms with Crippen LogP contribution in [0.1, 0.15) is 32.6 Å². The first-order valence-electron chi connectivity index (χ1n) is 9.26. The largest absolute Gasteiger partial charge is 0.379 e. The Morgan fingerprint density at radius 3 is 2.41 bits per heavy atom. The van der Waals surface area contributed by atoms with Crippen molar-refractivity contribution in [2.24, 2.45) is 0 Å². The van der Waals surface area contributed by atoms with Crippen molar-refractivity contribution in [3.05, 3.63) is 75.1 Å². The number of pyridine rings is 1. The molecular formula is C21H23N3O3. The van der Waals surface area contributed by atoms with Crippen molar-refractivity contribution in [1.29, 1.82) is 0 Å². The number of aromatic nitrogens is 1. The summed E-state index contributed by atoms with van der Waals surface area (Å²) in [5.74, 6) is 0. The summed E-state index contributed by atoms with van der Waals surface area (Å²) in [5.41, 5.74) is 0.532. The third-order valence-corrected chi connectivity index (χ3v) is 4.59. The smallest absolute Gasteiger partial charge is 0.357 e. The van der Waals surface area contributed by atoms with Crippen LogP contribution in [-0.2, 0) is 0 Å². The molecule has 3 aromatic rings. The van der Waals surface area contributed by atoms with Gasteiger partial charge in [-0.2, -0.15) is 0 Å². The Morgan fingerprint density at radius 1 is 1.00 bits per heavy atom. The maximum Gasteiger partial charge on any atom is 0.357 e. The van der Waals surface area contributed by atoms with E-state index in [2.05, 4.69) is 12.2 Å². The summed E-state index contributed by atoms with van der Waals surface area (Å²) in [6.07, 6.45) is 4.20. The number of hydrogen-bond acceptors (Lipinski definition) is 4. The molecule has 0 atom stereocenters. The predicted molar refractivity (Wildman–Crippen MR) is 109 cm³/mol. The van der Waals surface area contributed by atoms with Crippen molar-refractivity contribution >= 4 is 22.3 Å². The number of benzene rings is 2. The molecule has 0 aliphatic rings. The number of unbranched alkanes of at least 4 members (excludes halogenated alkanes) is 3. The Balaban J connectivity index is 2.17. The molecule has 0 bridgehead atoms. The molecule has 0 saturated heterocycles. The van der Waals surface area contributed by atoms with Crippen molar-refractivity contribution < 1.29 is 4.92 Å². The van der Waals surface area contributed by atoms with Crippen LogP contribution < -0.4 is 10.9 Å². The summed E-state index contributed by atoms with van der Waals surface area (Å²) < 4.78 is 1.41. The van der Waals surface area contributed by atoms with Crippen molar-refractivity contribution in [2.75, 3.05) is 11.9 Å². The molecule has 0 aliphatic carbocycles. The lowest BCUT2D eigenvalue weighted by Crippen LogP contribution is -2.24. The van der Waals surface area contributed by atoms with Crippen molar-refractivity contribution in [3.8, 4) is 5.69 Å². The number of rotatable bonds is 8. The van der Waals surface area contributed by atoms with Crippen molar-refractivity contribution in [1.82, 2.24) is 4.57 Å². The molecular weight excluding hydrogens is 342 g/mol. The Kier molecular flexibility index (Phi) is 5.86. The van der Waals surface area contributed by atoms with Gasteiger partial charge in [0.1, 0.15) is 5.69 Å². The zero-order valence-corrected chi connectivity index (χ0v) is 15.4.